The molecule has 2 aliphatic rings. The molecule has 7 nitrogen and oxygen atoms in total. The van der Waals surface area contributed by atoms with Gasteiger partial charge in [0.1, 0.15) is 23.8 Å². The predicted molar refractivity (Wildman–Crippen MR) is 147 cm³/mol. The van der Waals surface area contributed by atoms with Crippen LogP contribution in [-0.4, -0.2) is 90.3 Å². The van der Waals surface area contributed by atoms with Gasteiger partial charge in [-0.05, 0) is 48.9 Å². The standard InChI is InChI=1S/C30H39FN4O3/c1-4-23-6-5-7-27-24(19-33(3)29(23)27)20-34-16-17-38-30(21-34,22-37-26-10-8-25(31)9-11-26)18-28(36)35-14-12-32(2)13-15-35/h5-11,19H,4,12-18,20-22H2,1-3H3. The normalized spacial score (nSPS) is 21.2. The van der Waals surface area contributed by atoms with E-state index in [9.17, 15) is 9.18 Å². The number of amides is 1. The number of nitrogens with zero attached hydrogens (tertiary/aromatic N) is 4. The minimum absolute atomic E-state index is 0.0976. The van der Waals surface area contributed by atoms with Crippen LogP contribution >= 0.6 is 0 Å². The van der Waals surface area contributed by atoms with Gasteiger partial charge in [0, 0.05) is 64.4 Å². The van der Waals surface area contributed by atoms with Crippen LogP contribution in [0.4, 0.5) is 4.39 Å². The Bertz CT molecular complexity index is 1250. The second-order valence-corrected chi connectivity index (χ2v) is 10.8. The molecule has 3 heterocycles. The van der Waals surface area contributed by atoms with Gasteiger partial charge in [-0.3, -0.25) is 9.69 Å². The number of halogens is 1. The number of benzene rings is 2. The van der Waals surface area contributed by atoms with Crippen molar-refractivity contribution >= 4 is 16.8 Å². The number of piperazine rings is 1. The summed E-state index contributed by atoms with van der Waals surface area (Å²) in [6.45, 7) is 8.27. The monoisotopic (exact) mass is 522 g/mol. The number of para-hydroxylation sites is 1. The van der Waals surface area contributed by atoms with Gasteiger partial charge >= 0.3 is 0 Å². The number of carbonyl (C=O) groups excluding carboxylic acids is 1. The molecular formula is C30H39FN4O3. The van der Waals surface area contributed by atoms with Gasteiger partial charge in [-0.25, -0.2) is 4.39 Å². The third kappa shape index (κ3) is 5.87. The molecule has 1 amide bonds. The predicted octanol–water partition coefficient (Wildman–Crippen LogP) is 3.69. The molecule has 8 heteroatoms. The molecule has 2 aliphatic heterocycles. The molecule has 0 saturated carbocycles. The third-order valence-electron chi connectivity index (χ3n) is 7.92. The highest BCUT2D eigenvalue weighted by molar-refractivity contribution is 5.86. The second kappa shape index (κ2) is 11.4. The lowest BCUT2D eigenvalue weighted by atomic mass is 9.96. The van der Waals surface area contributed by atoms with Crippen molar-refractivity contribution in [1.82, 2.24) is 19.3 Å². The molecule has 1 atom stereocenters. The van der Waals surface area contributed by atoms with Crippen molar-refractivity contribution in [3.8, 4) is 5.75 Å². The highest BCUT2D eigenvalue weighted by Gasteiger charge is 2.41. The first-order chi connectivity index (χ1) is 18.4. The SMILES string of the molecule is CCc1cccc2c(CN3CCOC(COc4ccc(F)cc4)(CC(=O)N4CCN(C)CC4)C3)cn(C)c12. The lowest BCUT2D eigenvalue weighted by Gasteiger charge is -2.43. The Balaban J connectivity index is 1.36. The van der Waals surface area contributed by atoms with Gasteiger partial charge in [0.2, 0.25) is 5.91 Å². The summed E-state index contributed by atoms with van der Waals surface area (Å²) in [7, 11) is 4.19. The van der Waals surface area contributed by atoms with E-state index in [2.05, 4.69) is 59.8 Å². The Hall–Kier alpha value is -2.94. The summed E-state index contributed by atoms with van der Waals surface area (Å²) in [5.41, 5.74) is 3.12. The van der Waals surface area contributed by atoms with E-state index in [1.165, 1.54) is 34.2 Å². The van der Waals surface area contributed by atoms with Crippen molar-refractivity contribution in [3.63, 3.8) is 0 Å². The first-order valence-electron chi connectivity index (χ1n) is 13.6. The number of aromatic nitrogens is 1. The Labute approximate surface area is 224 Å². The molecule has 204 valence electrons. The Morgan fingerprint density at radius 2 is 1.79 bits per heavy atom. The second-order valence-electron chi connectivity index (χ2n) is 10.8. The highest BCUT2D eigenvalue weighted by Crippen LogP contribution is 2.30. The van der Waals surface area contributed by atoms with E-state index in [4.69, 9.17) is 9.47 Å². The van der Waals surface area contributed by atoms with Gasteiger partial charge in [-0.2, -0.15) is 0 Å². The largest absolute Gasteiger partial charge is 0.491 e. The number of morpholine rings is 1. The van der Waals surface area contributed by atoms with Crippen molar-refractivity contribution in [2.75, 3.05) is 59.5 Å². The molecule has 0 bridgehead atoms. The smallest absolute Gasteiger partial charge is 0.225 e. The molecule has 3 aromatic rings. The first-order valence-corrected chi connectivity index (χ1v) is 13.6. The number of rotatable bonds is 8. The van der Waals surface area contributed by atoms with E-state index in [-0.39, 0.29) is 24.8 Å². The van der Waals surface area contributed by atoms with Crippen LogP contribution in [-0.2, 0) is 29.5 Å². The summed E-state index contributed by atoms with van der Waals surface area (Å²) < 4.78 is 28.2. The Morgan fingerprint density at radius 3 is 2.53 bits per heavy atom. The van der Waals surface area contributed by atoms with Crippen LogP contribution in [0, 0.1) is 5.82 Å². The number of fused-ring (bicyclic) bond motifs is 1. The minimum atomic E-state index is -0.785. The summed E-state index contributed by atoms with van der Waals surface area (Å²) in [6.07, 6.45) is 3.47. The zero-order valence-electron chi connectivity index (χ0n) is 22.8. The summed E-state index contributed by atoms with van der Waals surface area (Å²) >= 11 is 0. The van der Waals surface area contributed by atoms with Crippen molar-refractivity contribution in [2.24, 2.45) is 7.05 Å². The average molecular weight is 523 g/mol. The number of hydrogen-bond acceptors (Lipinski definition) is 5. The van der Waals surface area contributed by atoms with Gasteiger partial charge in [-0.1, -0.05) is 25.1 Å². The van der Waals surface area contributed by atoms with Crippen LogP contribution in [0.25, 0.3) is 10.9 Å². The molecule has 0 spiro atoms. The van der Waals surface area contributed by atoms with Crippen LogP contribution in [0.1, 0.15) is 24.5 Å². The van der Waals surface area contributed by atoms with Crippen LogP contribution in [0.5, 0.6) is 5.75 Å². The molecule has 2 aromatic carbocycles. The molecule has 5 rings (SSSR count). The van der Waals surface area contributed by atoms with Gasteiger partial charge < -0.3 is 23.8 Å². The quantitative estimate of drug-likeness (QED) is 0.452. The Morgan fingerprint density at radius 1 is 1.03 bits per heavy atom. The maximum absolute atomic E-state index is 13.4. The molecule has 2 saturated heterocycles. The molecule has 2 fully saturated rings. The highest BCUT2D eigenvalue weighted by atomic mass is 19.1. The molecule has 0 N–H and O–H groups in total. The molecular weight excluding hydrogens is 483 g/mol. The van der Waals surface area contributed by atoms with Crippen LogP contribution in [0.2, 0.25) is 0 Å². The van der Waals surface area contributed by atoms with Crippen LogP contribution in [0.15, 0.2) is 48.7 Å². The van der Waals surface area contributed by atoms with Crippen molar-refractivity contribution < 1.29 is 18.7 Å². The van der Waals surface area contributed by atoms with E-state index in [1.807, 2.05) is 4.90 Å². The van der Waals surface area contributed by atoms with Crippen molar-refractivity contribution in [2.45, 2.75) is 31.9 Å². The van der Waals surface area contributed by atoms with Gasteiger partial charge in [-0.15, -0.1) is 0 Å². The lowest BCUT2D eigenvalue weighted by molar-refractivity contribution is -0.157. The molecule has 0 aliphatic carbocycles. The van der Waals surface area contributed by atoms with Gasteiger partial charge in [0.25, 0.3) is 0 Å². The summed E-state index contributed by atoms with van der Waals surface area (Å²) in [5.74, 6) is 0.360. The lowest BCUT2D eigenvalue weighted by Crippen LogP contribution is -2.58. The fraction of sp³-hybridized carbons (Fsp3) is 0.500. The van der Waals surface area contributed by atoms with E-state index in [1.54, 1.807) is 12.1 Å². The number of ether oxygens (including phenoxy) is 2. The number of likely N-dealkylation sites (N-methyl/N-ethyl adjacent to an activating group) is 1. The zero-order valence-corrected chi connectivity index (χ0v) is 22.8. The Kier molecular flexibility index (Phi) is 8.02. The van der Waals surface area contributed by atoms with Crippen LogP contribution in [0.3, 0.4) is 0 Å². The first kappa shape index (κ1) is 26.7. The molecule has 1 unspecified atom stereocenters. The third-order valence-corrected chi connectivity index (χ3v) is 7.92. The molecule has 0 radical (unpaired) electrons. The maximum Gasteiger partial charge on any atom is 0.225 e. The molecule has 38 heavy (non-hydrogen) atoms. The zero-order chi connectivity index (χ0) is 26.7. The van der Waals surface area contributed by atoms with Gasteiger partial charge in [0.05, 0.1) is 18.5 Å². The van der Waals surface area contributed by atoms with E-state index in [0.717, 1.165) is 45.7 Å². The number of carbonyl (C=O) groups is 1. The number of hydrogen-bond donors (Lipinski definition) is 0. The summed E-state index contributed by atoms with van der Waals surface area (Å²) in [6, 6.07) is 12.5. The fourth-order valence-electron chi connectivity index (χ4n) is 5.78. The van der Waals surface area contributed by atoms with E-state index >= 15 is 0 Å². The van der Waals surface area contributed by atoms with E-state index in [0.29, 0.717) is 18.9 Å². The van der Waals surface area contributed by atoms with Crippen molar-refractivity contribution in [3.05, 3.63) is 65.6 Å². The summed E-state index contributed by atoms with van der Waals surface area (Å²) in [4.78, 5) is 20.0. The fourth-order valence-corrected chi connectivity index (χ4v) is 5.78. The van der Waals surface area contributed by atoms with Gasteiger partial charge in [0.15, 0.2) is 0 Å². The summed E-state index contributed by atoms with van der Waals surface area (Å²) in [5, 5.41) is 1.28. The van der Waals surface area contributed by atoms with E-state index < -0.39 is 5.60 Å². The minimum Gasteiger partial charge on any atom is -0.491 e. The topological polar surface area (TPSA) is 50.2 Å². The van der Waals surface area contributed by atoms with Crippen LogP contribution < -0.4 is 4.74 Å². The maximum atomic E-state index is 13.4. The van der Waals surface area contributed by atoms with Crippen molar-refractivity contribution in [1.29, 1.82) is 0 Å². The number of aryl methyl sites for hydroxylation is 2. The molecule has 1 aromatic heterocycles. The average Bonchev–Trinajstić information content (AvgIpc) is 3.24.